The van der Waals surface area contributed by atoms with Gasteiger partial charge in [0.25, 0.3) is 0 Å². The maximum atomic E-state index is 5.55. The van der Waals surface area contributed by atoms with E-state index in [4.69, 9.17) is 12.4 Å². The molecular formula is C9H7BN2O. The van der Waals surface area contributed by atoms with Gasteiger partial charge in [0.15, 0.2) is 0 Å². The number of hydrogen-bond donors (Lipinski definition) is 0. The zero-order valence-electron chi connectivity index (χ0n) is 7.19. The maximum Gasteiger partial charge on any atom is 0.223 e. The lowest BCUT2D eigenvalue weighted by molar-refractivity contribution is 0.394. The quantitative estimate of drug-likeness (QED) is 0.595. The van der Waals surface area contributed by atoms with E-state index in [1.807, 2.05) is 12.1 Å². The average Bonchev–Trinajstić information content (AvgIpc) is 2.53. The Balaban J connectivity index is 2.41. The highest BCUT2D eigenvalue weighted by Crippen LogP contribution is 2.13. The fourth-order valence-corrected chi connectivity index (χ4v) is 1.05. The predicted octanol–water partition coefficient (Wildman–Crippen LogP) is 0.839. The van der Waals surface area contributed by atoms with Crippen LogP contribution in [0.2, 0.25) is 0 Å². The lowest BCUT2D eigenvalue weighted by Crippen LogP contribution is -1.99. The third kappa shape index (κ3) is 1.61. The molecule has 0 aliphatic heterocycles. The van der Waals surface area contributed by atoms with Crippen molar-refractivity contribution >= 4 is 13.3 Å². The molecule has 0 saturated carbocycles. The highest BCUT2D eigenvalue weighted by molar-refractivity contribution is 6.32. The van der Waals surface area contributed by atoms with Crippen LogP contribution in [0.3, 0.4) is 0 Å². The lowest BCUT2D eigenvalue weighted by atomic mass is 9.95. The maximum absolute atomic E-state index is 5.55. The van der Waals surface area contributed by atoms with Crippen molar-refractivity contribution < 1.29 is 4.52 Å². The number of aromatic nitrogens is 2. The Bertz CT molecular complexity index is 408. The SMILES string of the molecule is [B]c1ccc(-c2noc(C)n2)cc1. The molecule has 0 atom stereocenters. The van der Waals surface area contributed by atoms with Gasteiger partial charge in [0.1, 0.15) is 7.85 Å². The number of benzene rings is 1. The Kier molecular flexibility index (Phi) is 1.89. The van der Waals surface area contributed by atoms with Crippen LogP contribution in [0, 0.1) is 6.92 Å². The Labute approximate surface area is 77.2 Å². The van der Waals surface area contributed by atoms with E-state index in [1.165, 1.54) is 0 Å². The fraction of sp³-hybridized carbons (Fsp3) is 0.111. The summed E-state index contributed by atoms with van der Waals surface area (Å²) in [4.78, 5) is 4.09. The Hall–Kier alpha value is -1.58. The average molecular weight is 170 g/mol. The molecule has 2 aromatic rings. The molecule has 0 fully saturated rings. The van der Waals surface area contributed by atoms with Gasteiger partial charge in [0.2, 0.25) is 11.7 Å². The van der Waals surface area contributed by atoms with E-state index in [9.17, 15) is 0 Å². The van der Waals surface area contributed by atoms with E-state index in [2.05, 4.69) is 10.1 Å². The summed E-state index contributed by atoms with van der Waals surface area (Å²) >= 11 is 0. The molecule has 2 radical (unpaired) electrons. The highest BCUT2D eigenvalue weighted by atomic mass is 16.5. The first-order chi connectivity index (χ1) is 6.25. The van der Waals surface area contributed by atoms with Gasteiger partial charge in [-0.25, -0.2) is 0 Å². The number of nitrogens with zero attached hydrogens (tertiary/aromatic N) is 2. The molecular weight excluding hydrogens is 163 g/mol. The molecule has 62 valence electrons. The second-order valence-corrected chi connectivity index (χ2v) is 2.76. The molecule has 3 nitrogen and oxygen atoms in total. The van der Waals surface area contributed by atoms with Gasteiger partial charge in [0, 0.05) is 12.5 Å². The molecule has 13 heavy (non-hydrogen) atoms. The monoisotopic (exact) mass is 170 g/mol. The van der Waals surface area contributed by atoms with Crippen molar-refractivity contribution in [3.63, 3.8) is 0 Å². The van der Waals surface area contributed by atoms with Gasteiger partial charge in [-0.3, -0.25) is 0 Å². The summed E-state index contributed by atoms with van der Waals surface area (Å²) in [7, 11) is 5.55. The van der Waals surface area contributed by atoms with Gasteiger partial charge < -0.3 is 4.52 Å². The van der Waals surface area contributed by atoms with E-state index in [1.54, 1.807) is 19.1 Å². The molecule has 2 rings (SSSR count). The molecule has 0 aliphatic rings. The molecule has 1 aromatic carbocycles. The molecule has 1 heterocycles. The van der Waals surface area contributed by atoms with Crippen LogP contribution in [-0.4, -0.2) is 18.0 Å². The summed E-state index contributed by atoms with van der Waals surface area (Å²) in [5.41, 5.74) is 1.63. The van der Waals surface area contributed by atoms with Crippen molar-refractivity contribution in [1.82, 2.24) is 10.1 Å². The first-order valence-electron chi connectivity index (χ1n) is 3.92. The first-order valence-corrected chi connectivity index (χ1v) is 3.92. The van der Waals surface area contributed by atoms with Gasteiger partial charge >= 0.3 is 0 Å². The molecule has 0 amide bonds. The summed E-state index contributed by atoms with van der Waals surface area (Å²) in [5.74, 6) is 1.16. The normalized spacial score (nSPS) is 10.2. The molecule has 0 bridgehead atoms. The summed E-state index contributed by atoms with van der Waals surface area (Å²) in [6, 6.07) is 7.33. The van der Waals surface area contributed by atoms with Crippen LogP contribution < -0.4 is 5.46 Å². The molecule has 0 aliphatic carbocycles. The summed E-state index contributed by atoms with van der Waals surface area (Å²) in [6.07, 6.45) is 0. The van der Waals surface area contributed by atoms with Crippen LogP contribution in [0.5, 0.6) is 0 Å². The largest absolute Gasteiger partial charge is 0.339 e. The minimum absolute atomic E-state index is 0.562. The van der Waals surface area contributed by atoms with Crippen molar-refractivity contribution in [2.45, 2.75) is 6.92 Å². The molecule has 0 unspecified atom stereocenters. The van der Waals surface area contributed by atoms with Gasteiger partial charge in [-0.15, -0.1) is 0 Å². The third-order valence-electron chi connectivity index (χ3n) is 1.70. The second-order valence-electron chi connectivity index (χ2n) is 2.76. The van der Waals surface area contributed by atoms with Crippen LogP contribution in [0.4, 0.5) is 0 Å². The second kappa shape index (κ2) is 3.05. The van der Waals surface area contributed by atoms with Crippen LogP contribution in [0.25, 0.3) is 11.4 Å². The van der Waals surface area contributed by atoms with E-state index < -0.39 is 0 Å². The fourth-order valence-electron chi connectivity index (χ4n) is 1.05. The van der Waals surface area contributed by atoms with Crippen molar-refractivity contribution in [3.8, 4) is 11.4 Å². The van der Waals surface area contributed by atoms with Gasteiger partial charge in [0.05, 0.1) is 0 Å². The van der Waals surface area contributed by atoms with Crippen LogP contribution in [-0.2, 0) is 0 Å². The highest BCUT2D eigenvalue weighted by Gasteiger charge is 2.03. The Morgan fingerprint density at radius 1 is 1.23 bits per heavy atom. The Morgan fingerprint density at radius 2 is 1.92 bits per heavy atom. The number of aryl methyl sites for hydroxylation is 1. The van der Waals surface area contributed by atoms with Gasteiger partial charge in [-0.05, 0) is 0 Å². The van der Waals surface area contributed by atoms with Gasteiger partial charge in [-0.2, -0.15) is 4.98 Å². The van der Waals surface area contributed by atoms with Crippen molar-refractivity contribution in [2.24, 2.45) is 0 Å². The number of hydrogen-bond acceptors (Lipinski definition) is 3. The molecule has 1 aromatic heterocycles. The molecule has 4 heteroatoms. The van der Waals surface area contributed by atoms with Crippen molar-refractivity contribution in [1.29, 1.82) is 0 Å². The molecule has 0 N–H and O–H groups in total. The Morgan fingerprint density at radius 3 is 2.46 bits per heavy atom. The van der Waals surface area contributed by atoms with E-state index in [0.717, 1.165) is 11.0 Å². The summed E-state index contributed by atoms with van der Waals surface area (Å²) in [6.45, 7) is 1.76. The number of rotatable bonds is 1. The topological polar surface area (TPSA) is 38.9 Å². The van der Waals surface area contributed by atoms with Crippen LogP contribution >= 0.6 is 0 Å². The summed E-state index contributed by atoms with van der Waals surface area (Å²) in [5, 5.41) is 3.79. The van der Waals surface area contributed by atoms with Crippen LogP contribution in [0.1, 0.15) is 5.89 Å². The smallest absolute Gasteiger partial charge is 0.223 e. The first kappa shape index (κ1) is 8.04. The zero-order valence-corrected chi connectivity index (χ0v) is 7.19. The standard InChI is InChI=1S/C9H7BN2O/c1-6-11-9(12-13-6)7-2-4-8(10)5-3-7/h2-5H,1H3. The van der Waals surface area contributed by atoms with Gasteiger partial charge in [-0.1, -0.05) is 34.9 Å². The third-order valence-corrected chi connectivity index (χ3v) is 1.70. The van der Waals surface area contributed by atoms with Crippen molar-refractivity contribution in [2.75, 3.05) is 0 Å². The lowest BCUT2D eigenvalue weighted by Gasteiger charge is -1.94. The summed E-state index contributed by atoms with van der Waals surface area (Å²) < 4.78 is 4.86. The minimum Gasteiger partial charge on any atom is -0.339 e. The zero-order chi connectivity index (χ0) is 9.26. The molecule has 0 saturated heterocycles. The predicted molar refractivity (Wildman–Crippen MR) is 49.9 cm³/mol. The van der Waals surface area contributed by atoms with E-state index in [-0.39, 0.29) is 0 Å². The van der Waals surface area contributed by atoms with Crippen LogP contribution in [0.15, 0.2) is 28.8 Å². The van der Waals surface area contributed by atoms with E-state index >= 15 is 0 Å². The molecule has 0 spiro atoms. The van der Waals surface area contributed by atoms with E-state index in [0.29, 0.717) is 11.7 Å². The van der Waals surface area contributed by atoms with Crippen molar-refractivity contribution in [3.05, 3.63) is 30.2 Å². The minimum atomic E-state index is 0.562.